The van der Waals surface area contributed by atoms with Gasteiger partial charge in [-0.05, 0) is 30.9 Å². The molecule has 2 aromatic heterocycles. The number of nitrogens with zero attached hydrogens (tertiary/aromatic N) is 5. The highest BCUT2D eigenvalue weighted by Gasteiger charge is 2.25. The van der Waals surface area contributed by atoms with E-state index in [0.29, 0.717) is 11.9 Å². The van der Waals surface area contributed by atoms with Crippen molar-refractivity contribution in [1.29, 1.82) is 0 Å². The number of anilines is 1. The van der Waals surface area contributed by atoms with Crippen molar-refractivity contribution in [3.63, 3.8) is 0 Å². The van der Waals surface area contributed by atoms with Crippen LogP contribution in [0.15, 0.2) is 24.3 Å². The molecule has 1 aliphatic heterocycles. The van der Waals surface area contributed by atoms with Crippen molar-refractivity contribution in [2.45, 2.75) is 19.3 Å². The molecule has 0 aliphatic carbocycles. The maximum atomic E-state index is 11.1. The highest BCUT2D eigenvalue weighted by Crippen LogP contribution is 2.24. The van der Waals surface area contributed by atoms with Crippen molar-refractivity contribution in [3.8, 4) is 0 Å². The summed E-state index contributed by atoms with van der Waals surface area (Å²) in [5.74, 6) is 0.804. The van der Waals surface area contributed by atoms with Crippen LogP contribution in [0.1, 0.15) is 29.3 Å². The molecule has 0 saturated carbocycles. The van der Waals surface area contributed by atoms with Crippen molar-refractivity contribution in [2.75, 3.05) is 18.0 Å². The number of imidazole rings is 1. The molecule has 1 aliphatic rings. The van der Waals surface area contributed by atoms with E-state index in [2.05, 4.69) is 25.0 Å². The number of para-hydroxylation sites is 2. The molecule has 2 N–H and O–H groups in total. The first kappa shape index (κ1) is 15.6. The van der Waals surface area contributed by atoms with Gasteiger partial charge in [0, 0.05) is 26.6 Å². The molecular formula is C17H20N6O2. The van der Waals surface area contributed by atoms with E-state index in [4.69, 9.17) is 5.11 Å². The molecule has 1 atom stereocenters. The van der Waals surface area contributed by atoms with Crippen LogP contribution in [0.5, 0.6) is 0 Å². The van der Waals surface area contributed by atoms with Gasteiger partial charge in [0.05, 0.1) is 11.0 Å². The number of benzene rings is 1. The van der Waals surface area contributed by atoms with Crippen LogP contribution in [0, 0.1) is 5.92 Å². The van der Waals surface area contributed by atoms with E-state index in [1.807, 2.05) is 24.3 Å². The Balaban J connectivity index is 1.50. The number of aromatic amines is 1. The molecule has 8 heteroatoms. The fourth-order valence-electron chi connectivity index (χ4n) is 3.53. The summed E-state index contributed by atoms with van der Waals surface area (Å²) in [7, 11) is 1.73. The van der Waals surface area contributed by atoms with Gasteiger partial charge in [-0.3, -0.25) is 0 Å². The average Bonchev–Trinajstić information content (AvgIpc) is 3.18. The van der Waals surface area contributed by atoms with Crippen molar-refractivity contribution < 1.29 is 9.90 Å². The molecule has 0 amide bonds. The first-order valence-corrected chi connectivity index (χ1v) is 8.43. The van der Waals surface area contributed by atoms with Gasteiger partial charge in [-0.15, -0.1) is 5.10 Å². The van der Waals surface area contributed by atoms with Gasteiger partial charge in [-0.1, -0.05) is 12.1 Å². The fourth-order valence-corrected chi connectivity index (χ4v) is 3.53. The van der Waals surface area contributed by atoms with Gasteiger partial charge in [0.25, 0.3) is 5.82 Å². The number of hydrogen-bond acceptors (Lipinski definition) is 5. The van der Waals surface area contributed by atoms with E-state index in [1.54, 1.807) is 11.7 Å². The van der Waals surface area contributed by atoms with Crippen molar-refractivity contribution in [2.24, 2.45) is 13.0 Å². The van der Waals surface area contributed by atoms with Crippen LogP contribution in [-0.2, 0) is 13.5 Å². The minimum Gasteiger partial charge on any atom is -0.475 e. The first-order chi connectivity index (χ1) is 12.1. The molecule has 130 valence electrons. The van der Waals surface area contributed by atoms with E-state index >= 15 is 0 Å². The number of H-pyrrole nitrogens is 1. The highest BCUT2D eigenvalue weighted by atomic mass is 16.4. The Morgan fingerprint density at radius 3 is 2.96 bits per heavy atom. The lowest BCUT2D eigenvalue weighted by atomic mass is 9.95. The zero-order valence-electron chi connectivity index (χ0n) is 14.0. The highest BCUT2D eigenvalue weighted by molar-refractivity contribution is 5.83. The molecule has 0 bridgehead atoms. The molecule has 1 fully saturated rings. The SMILES string of the molecule is Cn1nc(C(=O)O)nc1N1CCCC(Cc2nc3ccccc3[nH]2)C1. The fraction of sp³-hybridized carbons (Fsp3) is 0.412. The van der Waals surface area contributed by atoms with E-state index in [1.165, 1.54) is 0 Å². The second kappa shape index (κ2) is 6.19. The molecule has 0 radical (unpaired) electrons. The summed E-state index contributed by atoms with van der Waals surface area (Å²) in [6.45, 7) is 1.69. The zero-order valence-corrected chi connectivity index (χ0v) is 14.0. The molecule has 1 aromatic carbocycles. The van der Waals surface area contributed by atoms with Crippen LogP contribution in [-0.4, -0.2) is 48.9 Å². The number of aromatic nitrogens is 5. The van der Waals surface area contributed by atoms with Gasteiger partial charge in [-0.25, -0.2) is 14.5 Å². The maximum absolute atomic E-state index is 11.1. The lowest BCUT2D eigenvalue weighted by Crippen LogP contribution is -2.38. The molecule has 1 unspecified atom stereocenters. The number of rotatable bonds is 4. The molecule has 8 nitrogen and oxygen atoms in total. The van der Waals surface area contributed by atoms with Gasteiger partial charge in [0.2, 0.25) is 5.95 Å². The lowest BCUT2D eigenvalue weighted by molar-refractivity contribution is 0.0683. The number of piperidine rings is 1. The summed E-state index contributed by atoms with van der Waals surface area (Å²) in [6.07, 6.45) is 3.03. The van der Waals surface area contributed by atoms with Crippen molar-refractivity contribution in [3.05, 3.63) is 35.9 Å². The van der Waals surface area contributed by atoms with Crippen LogP contribution >= 0.6 is 0 Å². The summed E-state index contributed by atoms with van der Waals surface area (Å²) in [5.41, 5.74) is 2.05. The lowest BCUT2D eigenvalue weighted by Gasteiger charge is -2.32. The number of fused-ring (bicyclic) bond motifs is 1. The number of carboxylic acid groups (broad SMARTS) is 1. The van der Waals surface area contributed by atoms with Crippen molar-refractivity contribution in [1.82, 2.24) is 24.7 Å². The summed E-state index contributed by atoms with van der Waals surface area (Å²) < 4.78 is 1.55. The Morgan fingerprint density at radius 1 is 1.36 bits per heavy atom. The summed E-state index contributed by atoms with van der Waals surface area (Å²) in [5, 5.41) is 13.0. The molecule has 4 rings (SSSR count). The number of aromatic carboxylic acids is 1. The van der Waals surface area contributed by atoms with Crippen LogP contribution in [0.25, 0.3) is 11.0 Å². The number of carboxylic acids is 1. The van der Waals surface area contributed by atoms with E-state index in [9.17, 15) is 4.79 Å². The number of carbonyl (C=O) groups is 1. The molecule has 3 aromatic rings. The zero-order chi connectivity index (χ0) is 17.4. The molecule has 1 saturated heterocycles. The predicted molar refractivity (Wildman–Crippen MR) is 92.7 cm³/mol. The third-order valence-corrected chi connectivity index (χ3v) is 4.65. The Labute approximate surface area is 144 Å². The van der Waals surface area contributed by atoms with Gasteiger partial charge in [0.15, 0.2) is 0 Å². The topological polar surface area (TPSA) is 99.9 Å². The Bertz CT molecular complexity index is 882. The van der Waals surface area contributed by atoms with Gasteiger partial charge in [-0.2, -0.15) is 4.98 Å². The van der Waals surface area contributed by atoms with Crippen LogP contribution in [0.2, 0.25) is 0 Å². The third-order valence-electron chi connectivity index (χ3n) is 4.65. The Morgan fingerprint density at radius 2 is 2.20 bits per heavy atom. The van der Waals surface area contributed by atoms with Crippen LogP contribution in [0.4, 0.5) is 5.95 Å². The van der Waals surface area contributed by atoms with Gasteiger partial charge < -0.3 is 15.0 Å². The Kier molecular flexibility index (Phi) is 3.87. The quantitative estimate of drug-likeness (QED) is 0.752. The second-order valence-corrected chi connectivity index (χ2v) is 6.52. The van der Waals surface area contributed by atoms with Gasteiger partial charge >= 0.3 is 5.97 Å². The minimum atomic E-state index is -1.10. The average molecular weight is 340 g/mol. The third kappa shape index (κ3) is 3.07. The summed E-state index contributed by atoms with van der Waals surface area (Å²) in [4.78, 5) is 25.4. The Hall–Kier alpha value is -2.90. The van der Waals surface area contributed by atoms with E-state index in [-0.39, 0.29) is 5.82 Å². The largest absolute Gasteiger partial charge is 0.475 e. The number of nitrogens with one attached hydrogen (secondary N) is 1. The number of hydrogen-bond donors (Lipinski definition) is 2. The van der Waals surface area contributed by atoms with Crippen molar-refractivity contribution >= 4 is 23.0 Å². The number of aryl methyl sites for hydroxylation is 1. The molecular weight excluding hydrogens is 320 g/mol. The summed E-state index contributed by atoms with van der Waals surface area (Å²) in [6, 6.07) is 8.03. The minimum absolute atomic E-state index is 0.156. The normalized spacial score (nSPS) is 18.0. The van der Waals surface area contributed by atoms with E-state index in [0.717, 1.165) is 49.2 Å². The van der Waals surface area contributed by atoms with Crippen LogP contribution in [0.3, 0.4) is 0 Å². The summed E-state index contributed by atoms with van der Waals surface area (Å²) >= 11 is 0. The maximum Gasteiger partial charge on any atom is 0.375 e. The van der Waals surface area contributed by atoms with Gasteiger partial charge in [0.1, 0.15) is 5.82 Å². The first-order valence-electron chi connectivity index (χ1n) is 8.43. The smallest absolute Gasteiger partial charge is 0.375 e. The molecule has 25 heavy (non-hydrogen) atoms. The molecule has 3 heterocycles. The predicted octanol–water partition coefficient (Wildman–Crippen LogP) is 1.85. The second-order valence-electron chi connectivity index (χ2n) is 6.52. The van der Waals surface area contributed by atoms with Crippen LogP contribution < -0.4 is 4.90 Å². The monoisotopic (exact) mass is 340 g/mol. The molecule has 0 spiro atoms. The van der Waals surface area contributed by atoms with E-state index < -0.39 is 5.97 Å². The standard InChI is InChI=1S/C17H20N6O2/c1-22-17(20-15(21-22)16(24)25)23-8-4-5-11(10-23)9-14-18-12-6-2-3-7-13(12)19-14/h2-3,6-7,11H,4-5,8-10H2,1H3,(H,18,19)(H,24,25).